The van der Waals surface area contributed by atoms with Crippen LogP contribution >= 0.6 is 0 Å². The Morgan fingerprint density at radius 1 is 1.59 bits per heavy atom. The van der Waals surface area contributed by atoms with Gasteiger partial charge in [0.15, 0.2) is 0 Å². The molecule has 0 atom stereocenters. The molecule has 3 rings (SSSR count). The van der Waals surface area contributed by atoms with Gasteiger partial charge in [-0.15, -0.1) is 0 Å². The van der Waals surface area contributed by atoms with Crippen molar-refractivity contribution in [1.29, 1.82) is 0 Å². The highest BCUT2D eigenvalue weighted by Crippen LogP contribution is 2.40. The molecule has 4 nitrogen and oxygen atoms in total. The molecule has 1 saturated carbocycles. The van der Waals surface area contributed by atoms with E-state index < -0.39 is 5.97 Å². The molecular weight excluding hydrogens is 216 g/mol. The van der Waals surface area contributed by atoms with E-state index in [4.69, 9.17) is 5.11 Å². The average Bonchev–Trinajstić information content (AvgIpc) is 3.04. The van der Waals surface area contributed by atoms with E-state index in [1.807, 2.05) is 29.7 Å². The first-order chi connectivity index (χ1) is 8.15. The van der Waals surface area contributed by atoms with Gasteiger partial charge >= 0.3 is 5.97 Å². The van der Waals surface area contributed by atoms with Gasteiger partial charge in [0.25, 0.3) is 0 Å². The van der Waals surface area contributed by atoms with Crippen molar-refractivity contribution in [2.24, 2.45) is 0 Å². The Kier molecular flexibility index (Phi) is 2.18. The SMILES string of the molecule is Cc1ccn2c(C3CC3)nc(CC(=O)O)c2c1. The molecule has 1 aliphatic rings. The molecule has 0 saturated heterocycles. The Morgan fingerprint density at radius 3 is 3.00 bits per heavy atom. The van der Waals surface area contributed by atoms with Crippen molar-refractivity contribution in [1.82, 2.24) is 9.38 Å². The summed E-state index contributed by atoms with van der Waals surface area (Å²) < 4.78 is 2.04. The molecule has 0 radical (unpaired) electrons. The van der Waals surface area contributed by atoms with E-state index in [9.17, 15) is 4.79 Å². The molecule has 2 aromatic heterocycles. The zero-order chi connectivity index (χ0) is 12.0. The molecule has 4 heteroatoms. The van der Waals surface area contributed by atoms with E-state index in [1.54, 1.807) is 0 Å². The van der Waals surface area contributed by atoms with E-state index in [0.29, 0.717) is 11.6 Å². The fraction of sp³-hybridized carbons (Fsp3) is 0.385. The highest BCUT2D eigenvalue weighted by atomic mass is 16.4. The number of rotatable bonds is 3. The number of fused-ring (bicyclic) bond motifs is 1. The van der Waals surface area contributed by atoms with Crippen LogP contribution in [0.5, 0.6) is 0 Å². The van der Waals surface area contributed by atoms with Gasteiger partial charge in [-0.05, 0) is 37.5 Å². The quantitative estimate of drug-likeness (QED) is 0.879. The number of carbonyl (C=O) groups is 1. The van der Waals surface area contributed by atoms with Crippen molar-refractivity contribution >= 4 is 11.5 Å². The molecule has 0 aromatic carbocycles. The smallest absolute Gasteiger partial charge is 0.309 e. The normalized spacial score (nSPS) is 15.4. The molecular formula is C13H14N2O2. The summed E-state index contributed by atoms with van der Waals surface area (Å²) in [5.41, 5.74) is 2.75. The largest absolute Gasteiger partial charge is 0.481 e. The summed E-state index contributed by atoms with van der Waals surface area (Å²) in [6, 6.07) is 4.04. The number of aryl methyl sites for hydroxylation is 1. The Hall–Kier alpha value is -1.84. The summed E-state index contributed by atoms with van der Waals surface area (Å²) in [5.74, 6) is 0.720. The number of imidazole rings is 1. The fourth-order valence-corrected chi connectivity index (χ4v) is 2.18. The summed E-state index contributed by atoms with van der Waals surface area (Å²) in [5, 5.41) is 8.91. The van der Waals surface area contributed by atoms with Crippen LogP contribution in [0.2, 0.25) is 0 Å². The standard InChI is InChI=1S/C13H14N2O2/c1-8-4-5-15-11(6-8)10(7-12(16)17)14-13(15)9-2-3-9/h4-6,9H,2-3,7H2,1H3,(H,16,17). The lowest BCUT2D eigenvalue weighted by Crippen LogP contribution is -2.00. The van der Waals surface area contributed by atoms with Gasteiger partial charge < -0.3 is 9.51 Å². The van der Waals surface area contributed by atoms with E-state index in [2.05, 4.69) is 4.98 Å². The number of carboxylic acid groups (broad SMARTS) is 1. The van der Waals surface area contributed by atoms with Crippen molar-refractivity contribution in [3.05, 3.63) is 35.4 Å². The van der Waals surface area contributed by atoms with Gasteiger partial charge in [0.1, 0.15) is 5.82 Å². The van der Waals surface area contributed by atoms with Gasteiger partial charge in [0.05, 0.1) is 17.6 Å². The minimum atomic E-state index is -0.825. The Morgan fingerprint density at radius 2 is 2.35 bits per heavy atom. The third-order valence-electron chi connectivity index (χ3n) is 3.16. The minimum absolute atomic E-state index is 0.000324. The second-order valence-corrected chi connectivity index (χ2v) is 4.72. The zero-order valence-electron chi connectivity index (χ0n) is 9.68. The lowest BCUT2D eigenvalue weighted by molar-refractivity contribution is -0.136. The maximum absolute atomic E-state index is 10.8. The highest BCUT2D eigenvalue weighted by molar-refractivity contribution is 5.73. The zero-order valence-corrected chi connectivity index (χ0v) is 9.68. The Labute approximate surface area is 98.9 Å². The molecule has 1 aliphatic carbocycles. The third-order valence-corrected chi connectivity index (χ3v) is 3.16. The number of aliphatic carboxylic acids is 1. The summed E-state index contributed by atoms with van der Waals surface area (Å²) in [6.07, 6.45) is 4.33. The molecule has 0 bridgehead atoms. The molecule has 1 N–H and O–H groups in total. The van der Waals surface area contributed by atoms with Crippen molar-refractivity contribution in [2.45, 2.75) is 32.1 Å². The van der Waals surface area contributed by atoms with Crippen LogP contribution in [-0.4, -0.2) is 20.5 Å². The summed E-state index contributed by atoms with van der Waals surface area (Å²) in [6.45, 7) is 2.01. The highest BCUT2D eigenvalue weighted by Gasteiger charge is 2.29. The molecule has 88 valence electrons. The number of pyridine rings is 1. The van der Waals surface area contributed by atoms with E-state index in [-0.39, 0.29) is 6.42 Å². The third kappa shape index (κ3) is 1.79. The number of hydrogen-bond acceptors (Lipinski definition) is 2. The van der Waals surface area contributed by atoms with Gasteiger partial charge in [0, 0.05) is 12.1 Å². The van der Waals surface area contributed by atoms with Crippen molar-refractivity contribution < 1.29 is 9.90 Å². The Bertz CT molecular complexity index is 597. The van der Waals surface area contributed by atoms with Crippen LogP contribution in [0.4, 0.5) is 0 Å². The van der Waals surface area contributed by atoms with Crippen molar-refractivity contribution in [2.75, 3.05) is 0 Å². The Balaban J connectivity index is 2.19. The van der Waals surface area contributed by atoms with Crippen LogP contribution in [0.1, 0.15) is 35.8 Å². The monoisotopic (exact) mass is 230 g/mol. The first kappa shape index (κ1) is 10.3. The van der Waals surface area contributed by atoms with E-state index in [0.717, 1.165) is 16.9 Å². The summed E-state index contributed by atoms with van der Waals surface area (Å²) in [7, 11) is 0. The van der Waals surface area contributed by atoms with Crippen molar-refractivity contribution in [3.63, 3.8) is 0 Å². The van der Waals surface area contributed by atoms with Gasteiger partial charge in [-0.1, -0.05) is 0 Å². The molecule has 2 aromatic rings. The number of nitrogens with zero attached hydrogens (tertiary/aromatic N) is 2. The summed E-state index contributed by atoms with van der Waals surface area (Å²) >= 11 is 0. The maximum atomic E-state index is 10.8. The van der Waals surface area contributed by atoms with Crippen LogP contribution < -0.4 is 0 Å². The molecule has 0 amide bonds. The maximum Gasteiger partial charge on any atom is 0.309 e. The molecule has 17 heavy (non-hydrogen) atoms. The van der Waals surface area contributed by atoms with Crippen molar-refractivity contribution in [3.8, 4) is 0 Å². The van der Waals surface area contributed by atoms with Crippen LogP contribution in [0.3, 0.4) is 0 Å². The van der Waals surface area contributed by atoms with Gasteiger partial charge in [0.2, 0.25) is 0 Å². The van der Waals surface area contributed by atoms with E-state index in [1.165, 1.54) is 12.8 Å². The lowest BCUT2D eigenvalue weighted by atomic mass is 10.2. The van der Waals surface area contributed by atoms with Gasteiger partial charge in [-0.2, -0.15) is 0 Å². The fourth-order valence-electron chi connectivity index (χ4n) is 2.18. The second kappa shape index (κ2) is 3.58. The topological polar surface area (TPSA) is 54.6 Å². The molecule has 0 spiro atoms. The number of hydrogen-bond donors (Lipinski definition) is 1. The summed E-state index contributed by atoms with van der Waals surface area (Å²) in [4.78, 5) is 15.4. The van der Waals surface area contributed by atoms with Crippen LogP contribution in [0, 0.1) is 6.92 Å². The average molecular weight is 230 g/mol. The van der Waals surface area contributed by atoms with Crippen LogP contribution in [-0.2, 0) is 11.2 Å². The molecule has 1 fully saturated rings. The second-order valence-electron chi connectivity index (χ2n) is 4.72. The lowest BCUT2D eigenvalue weighted by Gasteiger charge is -2.00. The predicted molar refractivity (Wildman–Crippen MR) is 63.2 cm³/mol. The van der Waals surface area contributed by atoms with Crippen LogP contribution in [0.25, 0.3) is 5.52 Å². The minimum Gasteiger partial charge on any atom is -0.481 e. The molecule has 2 heterocycles. The molecule has 0 aliphatic heterocycles. The predicted octanol–water partition coefficient (Wildman–Crippen LogP) is 2.15. The number of carboxylic acids is 1. The van der Waals surface area contributed by atoms with E-state index >= 15 is 0 Å². The van der Waals surface area contributed by atoms with Gasteiger partial charge in [-0.25, -0.2) is 4.98 Å². The first-order valence-corrected chi connectivity index (χ1v) is 5.84. The van der Waals surface area contributed by atoms with Crippen LogP contribution in [0.15, 0.2) is 18.3 Å². The molecule has 0 unspecified atom stereocenters. The first-order valence-electron chi connectivity index (χ1n) is 5.84. The van der Waals surface area contributed by atoms with Gasteiger partial charge in [-0.3, -0.25) is 4.79 Å². The number of aromatic nitrogens is 2.